The molecule has 0 aliphatic rings. The van der Waals surface area contributed by atoms with Gasteiger partial charge in [-0.3, -0.25) is 4.79 Å². The second-order valence-electron chi connectivity index (χ2n) is 10.9. The Hall–Kier alpha value is -0.530. The largest absolute Gasteiger partial charge is 0.465 e. The van der Waals surface area contributed by atoms with Crippen molar-refractivity contribution in [2.24, 2.45) is 5.92 Å². The molecule has 0 saturated heterocycles. The second kappa shape index (κ2) is 28.7. The normalized spacial score (nSPS) is 12.2. The predicted molar refractivity (Wildman–Crippen MR) is 152 cm³/mol. The average Bonchev–Trinajstić information content (AvgIpc) is 2.84. The van der Waals surface area contributed by atoms with Crippen LogP contribution >= 0.6 is 0 Å². The fraction of sp³-hybridized carbons (Fsp3) is 0.969. The van der Waals surface area contributed by atoms with Crippen LogP contribution in [0.15, 0.2) is 0 Å². The summed E-state index contributed by atoms with van der Waals surface area (Å²) in [6.45, 7) is 7.50. The van der Waals surface area contributed by atoms with Gasteiger partial charge in [0.15, 0.2) is 0 Å². The smallest absolute Gasteiger partial charge is 0.305 e. The highest BCUT2D eigenvalue weighted by Crippen LogP contribution is 2.20. The van der Waals surface area contributed by atoms with Crippen molar-refractivity contribution in [1.29, 1.82) is 0 Å². The number of unbranched alkanes of at least 4 members (excludes halogenated alkanes) is 20. The van der Waals surface area contributed by atoms with Gasteiger partial charge in [0, 0.05) is 6.42 Å². The molecule has 0 aliphatic heterocycles. The van der Waals surface area contributed by atoms with Crippen LogP contribution < -0.4 is 0 Å². The van der Waals surface area contributed by atoms with Gasteiger partial charge in [0.1, 0.15) is 0 Å². The lowest BCUT2D eigenvalue weighted by Crippen LogP contribution is -2.14. The van der Waals surface area contributed by atoms with E-state index in [2.05, 4.69) is 20.8 Å². The molecule has 0 spiro atoms. The summed E-state index contributed by atoms with van der Waals surface area (Å²) in [6.07, 6.45) is 33.9. The molecule has 0 fully saturated rings. The van der Waals surface area contributed by atoms with Crippen molar-refractivity contribution in [3.63, 3.8) is 0 Å². The molecule has 1 atom stereocenters. The van der Waals surface area contributed by atoms with Crippen LogP contribution in [-0.4, -0.2) is 12.6 Å². The Labute approximate surface area is 215 Å². The zero-order valence-electron chi connectivity index (χ0n) is 24.0. The van der Waals surface area contributed by atoms with E-state index in [9.17, 15) is 4.79 Å². The Kier molecular flexibility index (Phi) is 28.3. The first-order valence-corrected chi connectivity index (χ1v) is 15.9. The maximum absolute atomic E-state index is 12.3. The Balaban J connectivity index is 3.99. The molecule has 0 aromatic heterocycles. The first-order valence-electron chi connectivity index (χ1n) is 15.9. The van der Waals surface area contributed by atoms with E-state index in [0.29, 0.717) is 18.9 Å². The van der Waals surface area contributed by atoms with E-state index in [4.69, 9.17) is 4.74 Å². The lowest BCUT2D eigenvalue weighted by atomic mass is 9.94. The van der Waals surface area contributed by atoms with Crippen molar-refractivity contribution in [2.75, 3.05) is 6.61 Å². The lowest BCUT2D eigenvalue weighted by Gasteiger charge is -2.17. The third-order valence-electron chi connectivity index (χ3n) is 7.40. The molecule has 0 N–H and O–H groups in total. The van der Waals surface area contributed by atoms with Gasteiger partial charge in [-0.1, -0.05) is 162 Å². The summed E-state index contributed by atoms with van der Waals surface area (Å²) in [5, 5.41) is 0. The van der Waals surface area contributed by atoms with Gasteiger partial charge in [0.25, 0.3) is 0 Å². The zero-order valence-corrected chi connectivity index (χ0v) is 24.0. The summed E-state index contributed by atoms with van der Waals surface area (Å²) in [5.41, 5.74) is 0. The molecule has 2 nitrogen and oxygen atoms in total. The van der Waals surface area contributed by atoms with Crippen molar-refractivity contribution in [3.05, 3.63) is 0 Å². The van der Waals surface area contributed by atoms with E-state index in [1.165, 1.54) is 154 Å². The summed E-state index contributed by atoms with van der Waals surface area (Å²) in [7, 11) is 0. The highest BCUT2D eigenvalue weighted by Gasteiger charge is 2.12. The molecule has 0 rings (SSSR count). The molecule has 0 amide bonds. The zero-order chi connectivity index (χ0) is 25.0. The molecular weight excluding hydrogens is 416 g/mol. The highest BCUT2D eigenvalue weighted by atomic mass is 16.5. The maximum atomic E-state index is 12.3. The van der Waals surface area contributed by atoms with Crippen LogP contribution in [0.5, 0.6) is 0 Å². The van der Waals surface area contributed by atoms with E-state index >= 15 is 0 Å². The van der Waals surface area contributed by atoms with Crippen LogP contribution in [0.25, 0.3) is 0 Å². The molecule has 0 heterocycles. The summed E-state index contributed by atoms with van der Waals surface area (Å²) < 4.78 is 5.75. The molecule has 1 unspecified atom stereocenters. The van der Waals surface area contributed by atoms with Gasteiger partial charge in [-0.05, 0) is 25.2 Å². The van der Waals surface area contributed by atoms with Crippen molar-refractivity contribution in [2.45, 2.75) is 188 Å². The molecule has 0 saturated carbocycles. The van der Waals surface area contributed by atoms with Crippen LogP contribution in [-0.2, 0) is 9.53 Å². The standard InChI is InChI=1S/C32H64O2/c1-4-7-10-13-16-17-20-22-25-28-31(27-24-21-18-14-11-8-5-2)30-34-32(33)29-26-23-19-15-12-9-6-3/h31H,4-30H2,1-3H3. The number of esters is 1. The van der Waals surface area contributed by atoms with Crippen LogP contribution in [0.3, 0.4) is 0 Å². The molecule has 0 aliphatic carbocycles. The van der Waals surface area contributed by atoms with Crippen LogP contribution in [0.4, 0.5) is 0 Å². The average molecular weight is 481 g/mol. The van der Waals surface area contributed by atoms with E-state index in [1.54, 1.807) is 0 Å². The highest BCUT2D eigenvalue weighted by molar-refractivity contribution is 5.69. The Morgan fingerprint density at radius 1 is 0.471 bits per heavy atom. The number of carbonyl (C=O) groups is 1. The Morgan fingerprint density at radius 3 is 1.18 bits per heavy atom. The predicted octanol–water partition coefficient (Wildman–Crippen LogP) is 11.3. The summed E-state index contributed by atoms with van der Waals surface area (Å²) in [5.74, 6) is 0.628. The fourth-order valence-electron chi connectivity index (χ4n) is 4.95. The number of carbonyl (C=O) groups excluding carboxylic acids is 1. The van der Waals surface area contributed by atoms with Gasteiger partial charge in [0.2, 0.25) is 0 Å². The quantitative estimate of drug-likeness (QED) is 0.0821. The number of hydrogen-bond acceptors (Lipinski definition) is 2. The van der Waals surface area contributed by atoms with Gasteiger partial charge in [-0.2, -0.15) is 0 Å². The van der Waals surface area contributed by atoms with Gasteiger partial charge in [0.05, 0.1) is 6.61 Å². The lowest BCUT2D eigenvalue weighted by molar-refractivity contribution is -0.145. The van der Waals surface area contributed by atoms with Gasteiger partial charge >= 0.3 is 5.97 Å². The fourth-order valence-corrected chi connectivity index (χ4v) is 4.95. The van der Waals surface area contributed by atoms with E-state index in [-0.39, 0.29) is 5.97 Å². The van der Waals surface area contributed by atoms with Crippen LogP contribution in [0.2, 0.25) is 0 Å². The third-order valence-corrected chi connectivity index (χ3v) is 7.40. The molecule has 2 heteroatoms. The topological polar surface area (TPSA) is 26.3 Å². The minimum atomic E-state index is 0.0465. The first-order chi connectivity index (χ1) is 16.7. The molecule has 0 aromatic rings. The van der Waals surface area contributed by atoms with Crippen molar-refractivity contribution in [3.8, 4) is 0 Å². The first kappa shape index (κ1) is 33.5. The minimum Gasteiger partial charge on any atom is -0.465 e. The van der Waals surface area contributed by atoms with Crippen molar-refractivity contribution >= 4 is 5.97 Å². The molecular formula is C32H64O2. The van der Waals surface area contributed by atoms with Gasteiger partial charge in [-0.25, -0.2) is 0 Å². The van der Waals surface area contributed by atoms with Crippen LogP contribution in [0, 0.1) is 5.92 Å². The number of rotatable bonds is 28. The van der Waals surface area contributed by atoms with Gasteiger partial charge in [-0.15, -0.1) is 0 Å². The molecule has 0 radical (unpaired) electrons. The summed E-state index contributed by atoms with van der Waals surface area (Å²) >= 11 is 0. The van der Waals surface area contributed by atoms with Crippen molar-refractivity contribution < 1.29 is 9.53 Å². The summed E-state index contributed by atoms with van der Waals surface area (Å²) in [6, 6.07) is 0. The number of ether oxygens (including phenoxy) is 1. The Bertz CT molecular complexity index is 392. The molecule has 204 valence electrons. The molecule has 0 aromatic carbocycles. The summed E-state index contributed by atoms with van der Waals surface area (Å²) in [4.78, 5) is 12.3. The SMILES string of the molecule is CCCCCCCCCCCC(CCCCCCCCC)COC(=O)CCCCCCCCC. The van der Waals surface area contributed by atoms with E-state index in [0.717, 1.165) is 6.42 Å². The van der Waals surface area contributed by atoms with E-state index < -0.39 is 0 Å². The minimum absolute atomic E-state index is 0.0465. The maximum Gasteiger partial charge on any atom is 0.305 e. The Morgan fingerprint density at radius 2 is 0.794 bits per heavy atom. The van der Waals surface area contributed by atoms with Crippen LogP contribution in [0.1, 0.15) is 188 Å². The number of hydrogen-bond donors (Lipinski definition) is 0. The van der Waals surface area contributed by atoms with Crippen molar-refractivity contribution in [1.82, 2.24) is 0 Å². The van der Waals surface area contributed by atoms with E-state index in [1.807, 2.05) is 0 Å². The third kappa shape index (κ3) is 26.1. The van der Waals surface area contributed by atoms with Gasteiger partial charge < -0.3 is 4.74 Å². The molecule has 0 bridgehead atoms. The monoisotopic (exact) mass is 480 g/mol. The second-order valence-corrected chi connectivity index (χ2v) is 10.9. The molecule has 34 heavy (non-hydrogen) atoms.